The lowest BCUT2D eigenvalue weighted by atomic mass is 9.78. The minimum Gasteiger partial charge on any atom is -0.396 e. The van der Waals surface area contributed by atoms with Crippen LogP contribution in [0.3, 0.4) is 0 Å². The van der Waals surface area contributed by atoms with Gasteiger partial charge in [-0.2, -0.15) is 0 Å². The van der Waals surface area contributed by atoms with Crippen molar-refractivity contribution >= 4 is 21.7 Å². The fraction of sp³-hybridized carbons (Fsp3) is 0.750. The average Bonchev–Trinajstić information content (AvgIpc) is 3.01. The summed E-state index contributed by atoms with van der Waals surface area (Å²) in [5, 5.41) is 8.91. The number of aliphatic hydroxyl groups excluding tert-OH is 1. The molecule has 1 N–H and O–H groups in total. The largest absolute Gasteiger partial charge is 0.396 e. The van der Waals surface area contributed by atoms with Gasteiger partial charge in [0, 0.05) is 18.9 Å². The second kappa shape index (κ2) is 4.59. The van der Waals surface area contributed by atoms with Crippen LogP contribution >= 0.6 is 15.9 Å². The van der Waals surface area contributed by atoms with Gasteiger partial charge in [0.25, 0.3) is 0 Å². The molecule has 3 atom stereocenters. The zero-order valence-electron chi connectivity index (χ0n) is 9.41. The highest BCUT2D eigenvalue weighted by Gasteiger charge is 2.59. The van der Waals surface area contributed by atoms with E-state index < -0.39 is 5.60 Å². The molecule has 1 spiro atoms. The Kier molecular flexibility index (Phi) is 3.52. The van der Waals surface area contributed by atoms with E-state index in [1.165, 1.54) is 0 Å². The molecule has 1 aliphatic carbocycles. The van der Waals surface area contributed by atoms with E-state index >= 15 is 0 Å². The quantitative estimate of drug-likeness (QED) is 0.806. The average molecular weight is 289 g/mol. The number of hydrogen-bond acceptors (Lipinski definition) is 3. The molecule has 90 valence electrons. The van der Waals surface area contributed by atoms with Gasteiger partial charge in [0.15, 0.2) is 11.4 Å². The molecule has 16 heavy (non-hydrogen) atoms. The first-order chi connectivity index (χ1) is 7.60. The lowest BCUT2D eigenvalue weighted by Gasteiger charge is -2.28. The number of epoxide rings is 1. The van der Waals surface area contributed by atoms with Crippen LogP contribution in [-0.2, 0) is 9.53 Å². The first-order valence-corrected chi connectivity index (χ1v) is 6.53. The van der Waals surface area contributed by atoms with Crippen LogP contribution in [0.1, 0.15) is 26.2 Å². The molecule has 1 aliphatic heterocycles. The number of allylic oxidation sites excluding steroid dienone is 1. The maximum absolute atomic E-state index is 11.8. The Bertz CT molecular complexity index is 320. The molecule has 0 radical (unpaired) electrons. The van der Waals surface area contributed by atoms with Crippen molar-refractivity contribution in [3.63, 3.8) is 0 Å². The third-order valence-corrected chi connectivity index (χ3v) is 4.44. The Morgan fingerprint density at radius 3 is 3.00 bits per heavy atom. The standard InChI is InChI=1S/C12H17BrO3/c1-8(4-5-14)6-9-10(13)2-3-11(15)12(9)7-16-12/h2,8-9,14H,3-7H2,1H3/t8?,9?,12-/m1/s1. The molecule has 0 bridgehead atoms. The number of carbonyl (C=O) groups excluding carboxylic acids is 1. The normalized spacial score (nSPS) is 35.1. The van der Waals surface area contributed by atoms with Crippen molar-refractivity contribution in [1.29, 1.82) is 0 Å². The number of ether oxygens (including phenoxy) is 1. The van der Waals surface area contributed by atoms with Gasteiger partial charge >= 0.3 is 0 Å². The number of carbonyl (C=O) groups is 1. The summed E-state index contributed by atoms with van der Waals surface area (Å²) in [6, 6.07) is 0. The first kappa shape index (κ1) is 12.3. The summed E-state index contributed by atoms with van der Waals surface area (Å²) in [5.41, 5.74) is -0.530. The highest BCUT2D eigenvalue weighted by molar-refractivity contribution is 9.11. The summed E-state index contributed by atoms with van der Waals surface area (Å²) in [7, 11) is 0. The molecule has 1 heterocycles. The maximum Gasteiger partial charge on any atom is 0.171 e. The molecule has 1 fully saturated rings. The monoisotopic (exact) mass is 288 g/mol. The van der Waals surface area contributed by atoms with Crippen LogP contribution in [0, 0.1) is 11.8 Å². The fourth-order valence-electron chi connectivity index (χ4n) is 2.41. The van der Waals surface area contributed by atoms with E-state index in [-0.39, 0.29) is 18.3 Å². The molecule has 3 nitrogen and oxygen atoms in total. The van der Waals surface area contributed by atoms with Crippen molar-refractivity contribution in [2.45, 2.75) is 31.8 Å². The summed E-state index contributed by atoms with van der Waals surface area (Å²) in [6.45, 7) is 2.87. The predicted octanol–water partition coefficient (Wildman–Crippen LogP) is 2.03. The Morgan fingerprint density at radius 2 is 2.44 bits per heavy atom. The van der Waals surface area contributed by atoms with Crippen molar-refractivity contribution in [2.24, 2.45) is 11.8 Å². The minimum absolute atomic E-state index is 0.148. The van der Waals surface area contributed by atoms with E-state index in [1.54, 1.807) is 0 Å². The van der Waals surface area contributed by atoms with Crippen LogP contribution < -0.4 is 0 Å². The van der Waals surface area contributed by atoms with Gasteiger partial charge in [-0.1, -0.05) is 28.9 Å². The third-order valence-electron chi connectivity index (χ3n) is 3.57. The van der Waals surface area contributed by atoms with Crippen molar-refractivity contribution in [1.82, 2.24) is 0 Å². The van der Waals surface area contributed by atoms with Crippen LogP contribution in [0.15, 0.2) is 10.6 Å². The molecule has 0 aromatic carbocycles. The molecule has 2 rings (SSSR count). The molecule has 0 aromatic rings. The number of rotatable bonds is 4. The molecule has 0 saturated carbocycles. The molecule has 4 heteroatoms. The zero-order chi connectivity index (χ0) is 11.8. The summed E-state index contributed by atoms with van der Waals surface area (Å²) >= 11 is 3.54. The van der Waals surface area contributed by atoms with Gasteiger partial charge in [-0.3, -0.25) is 4.79 Å². The van der Waals surface area contributed by atoms with Crippen LogP contribution in [0.5, 0.6) is 0 Å². The van der Waals surface area contributed by atoms with Crippen molar-refractivity contribution in [2.75, 3.05) is 13.2 Å². The van der Waals surface area contributed by atoms with Crippen molar-refractivity contribution < 1.29 is 14.6 Å². The van der Waals surface area contributed by atoms with Gasteiger partial charge in [-0.05, 0) is 23.2 Å². The summed E-state index contributed by atoms with van der Waals surface area (Å²) in [4.78, 5) is 11.8. The topological polar surface area (TPSA) is 49.8 Å². The van der Waals surface area contributed by atoms with Crippen molar-refractivity contribution in [3.05, 3.63) is 10.6 Å². The van der Waals surface area contributed by atoms with E-state index in [4.69, 9.17) is 9.84 Å². The smallest absolute Gasteiger partial charge is 0.171 e. The maximum atomic E-state index is 11.8. The molecular formula is C12H17BrO3. The number of ketones is 1. The summed E-state index contributed by atoms with van der Waals surface area (Å²) in [5.74, 6) is 0.759. The van der Waals surface area contributed by atoms with E-state index in [1.807, 2.05) is 6.08 Å². The van der Waals surface area contributed by atoms with Crippen LogP contribution in [-0.4, -0.2) is 29.7 Å². The van der Waals surface area contributed by atoms with Gasteiger partial charge < -0.3 is 9.84 Å². The van der Waals surface area contributed by atoms with Crippen LogP contribution in [0.2, 0.25) is 0 Å². The molecule has 2 unspecified atom stereocenters. The van der Waals surface area contributed by atoms with Gasteiger partial charge in [0.05, 0.1) is 6.61 Å². The van der Waals surface area contributed by atoms with E-state index in [9.17, 15) is 4.79 Å². The first-order valence-electron chi connectivity index (χ1n) is 5.74. The van der Waals surface area contributed by atoms with Crippen LogP contribution in [0.25, 0.3) is 0 Å². The Morgan fingerprint density at radius 1 is 1.75 bits per heavy atom. The molecule has 0 aromatic heterocycles. The SMILES string of the molecule is CC(CCO)CC1C(Br)=CCC(=O)[C@@]12CO2. The van der Waals surface area contributed by atoms with Crippen molar-refractivity contribution in [3.8, 4) is 0 Å². The fourth-order valence-corrected chi connectivity index (χ4v) is 3.12. The minimum atomic E-state index is -0.530. The summed E-state index contributed by atoms with van der Waals surface area (Å²) < 4.78 is 6.52. The van der Waals surface area contributed by atoms with Gasteiger partial charge in [-0.25, -0.2) is 0 Å². The highest BCUT2D eigenvalue weighted by atomic mass is 79.9. The number of Topliss-reactive ketones (excluding diaryl/α,β-unsaturated/α-hetero) is 1. The molecule has 1 saturated heterocycles. The Hall–Kier alpha value is -0.190. The van der Waals surface area contributed by atoms with E-state index in [0.717, 1.165) is 17.3 Å². The molecular weight excluding hydrogens is 272 g/mol. The zero-order valence-corrected chi connectivity index (χ0v) is 11.0. The number of hydrogen-bond donors (Lipinski definition) is 1. The number of halogens is 1. The van der Waals surface area contributed by atoms with Gasteiger partial charge in [0.1, 0.15) is 0 Å². The lowest BCUT2D eigenvalue weighted by molar-refractivity contribution is -0.125. The van der Waals surface area contributed by atoms with Gasteiger partial charge in [0.2, 0.25) is 0 Å². The summed E-state index contributed by atoms with van der Waals surface area (Å²) in [6.07, 6.45) is 4.10. The lowest BCUT2D eigenvalue weighted by Crippen LogP contribution is -2.37. The predicted molar refractivity (Wildman–Crippen MR) is 64.3 cm³/mol. The third kappa shape index (κ3) is 2.11. The second-order valence-corrected chi connectivity index (χ2v) is 5.72. The molecule has 2 aliphatic rings. The number of aliphatic hydroxyl groups is 1. The second-order valence-electron chi connectivity index (χ2n) is 4.80. The van der Waals surface area contributed by atoms with E-state index in [2.05, 4.69) is 22.9 Å². The highest BCUT2D eigenvalue weighted by Crippen LogP contribution is 2.48. The molecule has 0 amide bonds. The Balaban J connectivity index is 2.08. The Labute approximate surface area is 104 Å². The van der Waals surface area contributed by atoms with E-state index in [0.29, 0.717) is 18.9 Å². The van der Waals surface area contributed by atoms with Crippen LogP contribution in [0.4, 0.5) is 0 Å². The van der Waals surface area contributed by atoms with Gasteiger partial charge in [-0.15, -0.1) is 0 Å².